The van der Waals surface area contributed by atoms with E-state index in [-0.39, 0.29) is 12.6 Å². The molecule has 8 nitrogen and oxygen atoms in total. The van der Waals surface area contributed by atoms with Gasteiger partial charge >= 0.3 is 6.03 Å². The molecule has 0 radical (unpaired) electrons. The molecule has 0 spiro atoms. The van der Waals surface area contributed by atoms with Crippen LogP contribution in [0.2, 0.25) is 0 Å². The highest BCUT2D eigenvalue weighted by molar-refractivity contribution is 6.08. The molecule has 1 fully saturated rings. The second-order valence-corrected chi connectivity index (χ2v) is 7.96. The molecule has 0 aliphatic carbocycles. The van der Waals surface area contributed by atoms with Crippen LogP contribution in [0.3, 0.4) is 0 Å². The lowest BCUT2D eigenvalue weighted by Crippen LogP contribution is -2.50. The van der Waals surface area contributed by atoms with Gasteiger partial charge in [0.15, 0.2) is 0 Å². The number of nitrogens with one attached hydrogen (secondary N) is 2. The number of ether oxygens (including phenoxy) is 1. The summed E-state index contributed by atoms with van der Waals surface area (Å²) in [6.45, 7) is 5.63. The minimum absolute atomic E-state index is 0.0148. The van der Waals surface area contributed by atoms with Crippen molar-refractivity contribution in [1.82, 2.24) is 20.7 Å². The molecule has 0 aromatic heterocycles. The molecule has 2 unspecified atom stereocenters. The fourth-order valence-corrected chi connectivity index (χ4v) is 3.48. The molecule has 1 heterocycles. The third kappa shape index (κ3) is 4.54. The largest absolute Gasteiger partial charge is 0.497 e. The minimum Gasteiger partial charge on any atom is -0.497 e. The Morgan fingerprint density at radius 1 is 1.16 bits per heavy atom. The number of hydrogen-bond donors (Lipinski definition) is 2. The van der Waals surface area contributed by atoms with Crippen LogP contribution in [-0.4, -0.2) is 48.5 Å². The van der Waals surface area contributed by atoms with Crippen LogP contribution < -0.4 is 15.5 Å². The number of imide groups is 1. The highest BCUT2D eigenvalue weighted by Gasteiger charge is 2.50. The second-order valence-electron chi connectivity index (χ2n) is 7.96. The maximum atomic E-state index is 13.0. The van der Waals surface area contributed by atoms with Crippen molar-refractivity contribution in [3.05, 3.63) is 65.2 Å². The maximum absolute atomic E-state index is 13.0. The SMILES string of the molecule is COc1ccc(C2(C)NC(=O)N(NC(=O)CN(C)C(C)c3ccc(C)cc3)C2=O)cc1. The molecule has 1 aliphatic heterocycles. The van der Waals surface area contributed by atoms with E-state index >= 15 is 0 Å². The highest BCUT2D eigenvalue weighted by atomic mass is 16.5. The molecule has 3 rings (SSSR count). The maximum Gasteiger partial charge on any atom is 0.344 e. The molecule has 8 heteroatoms. The first-order valence-corrected chi connectivity index (χ1v) is 10.0. The van der Waals surface area contributed by atoms with Crippen molar-refractivity contribution in [3.63, 3.8) is 0 Å². The van der Waals surface area contributed by atoms with E-state index < -0.39 is 23.4 Å². The second kappa shape index (κ2) is 8.77. The number of likely N-dealkylation sites (N-methyl/N-ethyl adjacent to an activating group) is 1. The van der Waals surface area contributed by atoms with Crippen LogP contribution >= 0.6 is 0 Å². The fourth-order valence-electron chi connectivity index (χ4n) is 3.48. The van der Waals surface area contributed by atoms with Gasteiger partial charge in [0.25, 0.3) is 11.8 Å². The molecular weight excluding hydrogens is 396 g/mol. The summed E-state index contributed by atoms with van der Waals surface area (Å²) in [4.78, 5) is 39.9. The first kappa shape index (κ1) is 22.3. The van der Waals surface area contributed by atoms with Crippen molar-refractivity contribution < 1.29 is 19.1 Å². The monoisotopic (exact) mass is 424 g/mol. The topological polar surface area (TPSA) is 91.0 Å². The van der Waals surface area contributed by atoms with Gasteiger partial charge in [-0.05, 0) is 51.1 Å². The predicted molar refractivity (Wildman–Crippen MR) is 116 cm³/mol. The molecule has 164 valence electrons. The molecule has 0 saturated carbocycles. The number of nitrogens with zero attached hydrogens (tertiary/aromatic N) is 2. The van der Waals surface area contributed by atoms with Crippen LogP contribution in [0.4, 0.5) is 4.79 Å². The van der Waals surface area contributed by atoms with Gasteiger partial charge in [-0.1, -0.05) is 42.0 Å². The summed E-state index contributed by atoms with van der Waals surface area (Å²) in [6.07, 6.45) is 0. The quantitative estimate of drug-likeness (QED) is 0.667. The molecule has 2 aromatic carbocycles. The lowest BCUT2D eigenvalue weighted by atomic mass is 9.92. The Bertz CT molecular complexity index is 974. The predicted octanol–water partition coefficient (Wildman–Crippen LogP) is 2.49. The zero-order valence-electron chi connectivity index (χ0n) is 18.4. The number of carbonyl (C=O) groups is 3. The van der Waals surface area contributed by atoms with Crippen molar-refractivity contribution in [1.29, 1.82) is 0 Å². The van der Waals surface area contributed by atoms with E-state index in [0.29, 0.717) is 11.3 Å². The normalized spacial score (nSPS) is 19.4. The lowest BCUT2D eigenvalue weighted by molar-refractivity contribution is -0.139. The standard InChI is InChI=1S/C23H28N4O4/c1-15-6-8-17(9-7-15)16(2)26(4)14-20(28)25-27-21(29)23(3,24-22(27)30)18-10-12-19(31-5)13-11-18/h6-13,16H,14H2,1-5H3,(H,24,30)(H,25,28). The summed E-state index contributed by atoms with van der Waals surface area (Å²) in [7, 11) is 3.37. The first-order valence-electron chi connectivity index (χ1n) is 10.0. The number of hydrazine groups is 1. The Hall–Kier alpha value is -3.39. The Labute approximate surface area is 182 Å². The average molecular weight is 425 g/mol. The van der Waals surface area contributed by atoms with Crippen LogP contribution in [0.25, 0.3) is 0 Å². The Kier molecular flexibility index (Phi) is 6.31. The third-order valence-corrected chi connectivity index (χ3v) is 5.71. The van der Waals surface area contributed by atoms with Gasteiger partial charge in [-0.3, -0.25) is 19.9 Å². The number of rotatable bonds is 7. The van der Waals surface area contributed by atoms with Gasteiger partial charge in [0, 0.05) is 6.04 Å². The summed E-state index contributed by atoms with van der Waals surface area (Å²) >= 11 is 0. The molecule has 0 bridgehead atoms. The number of amides is 4. The minimum atomic E-state index is -1.28. The van der Waals surface area contributed by atoms with Crippen molar-refractivity contribution in [2.75, 3.05) is 20.7 Å². The lowest BCUT2D eigenvalue weighted by Gasteiger charge is -2.26. The average Bonchev–Trinajstić information content (AvgIpc) is 2.97. The molecular formula is C23H28N4O4. The van der Waals surface area contributed by atoms with Gasteiger partial charge in [-0.15, -0.1) is 0 Å². The van der Waals surface area contributed by atoms with Gasteiger partial charge in [0.2, 0.25) is 0 Å². The summed E-state index contributed by atoms with van der Waals surface area (Å²) < 4.78 is 5.14. The van der Waals surface area contributed by atoms with Crippen LogP contribution in [0, 0.1) is 6.92 Å². The summed E-state index contributed by atoms with van der Waals surface area (Å²) in [6, 6.07) is 14.2. The van der Waals surface area contributed by atoms with Gasteiger partial charge < -0.3 is 10.1 Å². The zero-order valence-corrected chi connectivity index (χ0v) is 18.4. The number of benzene rings is 2. The Balaban J connectivity index is 1.66. The molecule has 4 amide bonds. The molecule has 2 N–H and O–H groups in total. The molecule has 1 aliphatic rings. The van der Waals surface area contributed by atoms with Crippen molar-refractivity contribution in [2.24, 2.45) is 0 Å². The van der Waals surface area contributed by atoms with Gasteiger partial charge in [-0.2, -0.15) is 5.01 Å². The summed E-state index contributed by atoms with van der Waals surface area (Å²) in [5.41, 5.74) is 3.98. The van der Waals surface area contributed by atoms with Gasteiger partial charge in [0.05, 0.1) is 13.7 Å². The number of urea groups is 1. The van der Waals surface area contributed by atoms with Crippen LogP contribution in [0.1, 0.15) is 36.6 Å². The third-order valence-electron chi connectivity index (χ3n) is 5.71. The number of hydrogen-bond acceptors (Lipinski definition) is 5. The fraction of sp³-hybridized carbons (Fsp3) is 0.348. The van der Waals surface area contributed by atoms with E-state index in [1.807, 2.05) is 50.1 Å². The Morgan fingerprint density at radius 3 is 2.35 bits per heavy atom. The van der Waals surface area contributed by atoms with Crippen molar-refractivity contribution >= 4 is 17.8 Å². The van der Waals surface area contributed by atoms with E-state index in [0.717, 1.165) is 16.1 Å². The molecule has 2 aromatic rings. The number of carbonyl (C=O) groups excluding carboxylic acids is 3. The van der Waals surface area contributed by atoms with E-state index in [1.54, 1.807) is 38.3 Å². The van der Waals surface area contributed by atoms with Crippen LogP contribution in [0.15, 0.2) is 48.5 Å². The first-order chi connectivity index (χ1) is 14.7. The molecule has 1 saturated heterocycles. The zero-order chi connectivity index (χ0) is 22.8. The van der Waals surface area contributed by atoms with Gasteiger partial charge in [0.1, 0.15) is 11.3 Å². The van der Waals surface area contributed by atoms with E-state index in [2.05, 4.69) is 10.7 Å². The van der Waals surface area contributed by atoms with Crippen LogP contribution in [-0.2, 0) is 15.1 Å². The highest BCUT2D eigenvalue weighted by Crippen LogP contribution is 2.29. The Morgan fingerprint density at radius 2 is 1.77 bits per heavy atom. The van der Waals surface area contributed by atoms with Crippen molar-refractivity contribution in [2.45, 2.75) is 32.4 Å². The van der Waals surface area contributed by atoms with E-state index in [1.165, 1.54) is 0 Å². The summed E-state index contributed by atoms with van der Waals surface area (Å²) in [5.74, 6) is -0.366. The smallest absolute Gasteiger partial charge is 0.344 e. The van der Waals surface area contributed by atoms with Crippen LogP contribution in [0.5, 0.6) is 5.75 Å². The number of methoxy groups -OCH3 is 1. The summed E-state index contributed by atoms with van der Waals surface area (Å²) in [5, 5.41) is 3.41. The van der Waals surface area contributed by atoms with Gasteiger partial charge in [-0.25, -0.2) is 4.79 Å². The molecule has 31 heavy (non-hydrogen) atoms. The van der Waals surface area contributed by atoms with E-state index in [9.17, 15) is 14.4 Å². The van der Waals surface area contributed by atoms with Crippen molar-refractivity contribution in [3.8, 4) is 5.75 Å². The number of aryl methyl sites for hydroxylation is 1. The molecule has 2 atom stereocenters. The van der Waals surface area contributed by atoms with E-state index in [4.69, 9.17) is 4.74 Å².